The van der Waals surface area contributed by atoms with Gasteiger partial charge in [0.05, 0.1) is 0 Å². The molecule has 3 heteroatoms. The molecule has 0 N–H and O–H groups in total. The molecule has 1 aliphatic rings. The van der Waals surface area contributed by atoms with Crippen molar-refractivity contribution in [2.24, 2.45) is 5.92 Å². The van der Waals surface area contributed by atoms with Crippen LogP contribution in [0.5, 0.6) is 0 Å². The molecule has 14 heavy (non-hydrogen) atoms. The largest absolute Gasteiger partial charge is 0.302 e. The Labute approximate surface area is 83.9 Å². The van der Waals surface area contributed by atoms with Gasteiger partial charge in [-0.15, -0.1) is 0 Å². The minimum absolute atomic E-state index is 0.0498. The first-order valence-electron chi connectivity index (χ1n) is 5.41. The van der Waals surface area contributed by atoms with Gasteiger partial charge in [-0.3, -0.25) is 4.79 Å². The average molecular weight is 204 g/mol. The molecule has 0 aromatic heterocycles. The summed E-state index contributed by atoms with van der Waals surface area (Å²) in [6.07, 6.45) is 6.58. The van der Waals surface area contributed by atoms with Crippen LogP contribution < -0.4 is 0 Å². The number of hydrogen-bond donors (Lipinski definition) is 0. The van der Waals surface area contributed by atoms with Crippen LogP contribution in [-0.2, 0) is 4.79 Å². The van der Waals surface area contributed by atoms with Gasteiger partial charge in [0.1, 0.15) is 0 Å². The number of alkyl halides is 2. The highest BCUT2D eigenvalue weighted by molar-refractivity contribution is 5.85. The van der Waals surface area contributed by atoms with Crippen LogP contribution in [0, 0.1) is 5.92 Å². The van der Waals surface area contributed by atoms with Gasteiger partial charge in [0, 0.05) is 13.3 Å². The summed E-state index contributed by atoms with van der Waals surface area (Å²) < 4.78 is 25.0. The molecule has 1 nitrogen and oxygen atoms in total. The maximum Gasteiger partial charge on any atom is 0.302 e. The van der Waals surface area contributed by atoms with Crippen LogP contribution >= 0.6 is 0 Å². The molecule has 1 fully saturated rings. The first kappa shape index (κ1) is 11.6. The lowest BCUT2D eigenvalue weighted by atomic mass is 9.85. The SMILES string of the molecule is CC(F)(F)C(=O)CCC1CCCCC1. The van der Waals surface area contributed by atoms with E-state index in [0.717, 1.165) is 12.8 Å². The van der Waals surface area contributed by atoms with Gasteiger partial charge in [-0.1, -0.05) is 32.1 Å². The topological polar surface area (TPSA) is 17.1 Å². The summed E-state index contributed by atoms with van der Waals surface area (Å²) >= 11 is 0. The van der Waals surface area contributed by atoms with Crippen LogP contribution in [-0.4, -0.2) is 11.7 Å². The monoisotopic (exact) mass is 204 g/mol. The molecule has 82 valence electrons. The maximum atomic E-state index is 12.5. The Balaban J connectivity index is 2.22. The third-order valence-corrected chi connectivity index (χ3v) is 2.99. The molecule has 1 rings (SSSR count). The number of hydrogen-bond acceptors (Lipinski definition) is 1. The zero-order chi connectivity index (χ0) is 10.6. The van der Waals surface area contributed by atoms with E-state index in [4.69, 9.17) is 0 Å². The predicted octanol–water partition coefficient (Wildman–Crippen LogP) is 3.57. The van der Waals surface area contributed by atoms with E-state index in [-0.39, 0.29) is 6.42 Å². The van der Waals surface area contributed by atoms with E-state index in [1.165, 1.54) is 19.3 Å². The van der Waals surface area contributed by atoms with Crippen LogP contribution in [0.1, 0.15) is 51.9 Å². The van der Waals surface area contributed by atoms with Gasteiger partial charge in [-0.2, -0.15) is 8.78 Å². The smallest absolute Gasteiger partial charge is 0.293 e. The molecule has 0 spiro atoms. The van der Waals surface area contributed by atoms with E-state index in [0.29, 0.717) is 19.3 Å². The zero-order valence-corrected chi connectivity index (χ0v) is 8.69. The number of rotatable bonds is 4. The molecule has 0 bridgehead atoms. The van der Waals surface area contributed by atoms with Crippen LogP contribution in [0.15, 0.2) is 0 Å². The molecular formula is C11H18F2O. The molecule has 0 saturated heterocycles. The van der Waals surface area contributed by atoms with Gasteiger partial charge in [-0.25, -0.2) is 0 Å². The lowest BCUT2D eigenvalue weighted by molar-refractivity contribution is -0.140. The van der Waals surface area contributed by atoms with Crippen molar-refractivity contribution < 1.29 is 13.6 Å². The van der Waals surface area contributed by atoms with Crippen molar-refractivity contribution in [1.29, 1.82) is 0 Å². The van der Waals surface area contributed by atoms with Gasteiger partial charge >= 0.3 is 5.92 Å². The first-order valence-corrected chi connectivity index (χ1v) is 5.41. The van der Waals surface area contributed by atoms with E-state index >= 15 is 0 Å². The average Bonchev–Trinajstić information content (AvgIpc) is 2.14. The van der Waals surface area contributed by atoms with Crippen molar-refractivity contribution in [3.63, 3.8) is 0 Å². The van der Waals surface area contributed by atoms with E-state index in [2.05, 4.69) is 0 Å². The molecule has 0 radical (unpaired) electrons. The van der Waals surface area contributed by atoms with Crippen molar-refractivity contribution in [3.8, 4) is 0 Å². The fourth-order valence-corrected chi connectivity index (χ4v) is 2.03. The molecule has 1 aliphatic carbocycles. The highest BCUT2D eigenvalue weighted by atomic mass is 19.3. The van der Waals surface area contributed by atoms with Gasteiger partial charge in [0.2, 0.25) is 5.78 Å². The number of halogens is 2. The second-order valence-electron chi connectivity index (χ2n) is 4.35. The molecule has 0 unspecified atom stereocenters. The summed E-state index contributed by atoms with van der Waals surface area (Å²) in [5, 5.41) is 0. The predicted molar refractivity (Wildman–Crippen MR) is 51.4 cm³/mol. The summed E-state index contributed by atoms with van der Waals surface area (Å²) in [4.78, 5) is 11.0. The summed E-state index contributed by atoms with van der Waals surface area (Å²) in [6.45, 7) is 0.691. The quantitative estimate of drug-likeness (QED) is 0.684. The van der Waals surface area contributed by atoms with Gasteiger partial charge in [-0.05, 0) is 12.3 Å². The molecule has 0 aromatic rings. The van der Waals surface area contributed by atoms with Gasteiger partial charge in [0.15, 0.2) is 0 Å². The number of ketones is 1. The van der Waals surface area contributed by atoms with Crippen molar-refractivity contribution in [2.45, 2.75) is 57.8 Å². The Bertz CT molecular complexity index is 190. The Morgan fingerprint density at radius 1 is 1.29 bits per heavy atom. The molecular weight excluding hydrogens is 186 g/mol. The number of Topliss-reactive ketones (excluding diaryl/α,β-unsaturated/α-hetero) is 1. The normalized spacial score (nSPS) is 19.6. The number of carbonyl (C=O) groups excluding carboxylic acids is 1. The fourth-order valence-electron chi connectivity index (χ4n) is 2.03. The Morgan fingerprint density at radius 3 is 2.36 bits per heavy atom. The lowest BCUT2D eigenvalue weighted by Crippen LogP contribution is -2.24. The van der Waals surface area contributed by atoms with Crippen LogP contribution in [0.2, 0.25) is 0 Å². The van der Waals surface area contributed by atoms with Gasteiger partial charge in [0.25, 0.3) is 0 Å². The van der Waals surface area contributed by atoms with Crippen molar-refractivity contribution in [1.82, 2.24) is 0 Å². The highest BCUT2D eigenvalue weighted by Crippen LogP contribution is 2.28. The van der Waals surface area contributed by atoms with Crippen molar-refractivity contribution in [2.75, 3.05) is 0 Å². The third kappa shape index (κ3) is 3.72. The molecule has 0 aliphatic heterocycles. The molecule has 0 amide bonds. The van der Waals surface area contributed by atoms with Crippen LogP contribution in [0.3, 0.4) is 0 Å². The van der Waals surface area contributed by atoms with E-state index < -0.39 is 11.7 Å². The van der Waals surface area contributed by atoms with E-state index in [1.54, 1.807) is 0 Å². The summed E-state index contributed by atoms with van der Waals surface area (Å²) in [7, 11) is 0. The maximum absolute atomic E-state index is 12.5. The summed E-state index contributed by atoms with van der Waals surface area (Å²) in [5.41, 5.74) is 0. The van der Waals surface area contributed by atoms with Crippen LogP contribution in [0.4, 0.5) is 8.78 Å². The first-order chi connectivity index (χ1) is 6.50. The molecule has 0 atom stereocenters. The summed E-state index contributed by atoms with van der Waals surface area (Å²) in [6, 6.07) is 0. The van der Waals surface area contributed by atoms with E-state index in [9.17, 15) is 13.6 Å². The Morgan fingerprint density at radius 2 is 1.86 bits per heavy atom. The minimum atomic E-state index is -3.13. The Hall–Kier alpha value is -0.470. The Kier molecular flexibility index (Phi) is 4.02. The second-order valence-corrected chi connectivity index (χ2v) is 4.35. The molecule has 0 aromatic carbocycles. The van der Waals surface area contributed by atoms with Crippen molar-refractivity contribution >= 4 is 5.78 Å². The fraction of sp³-hybridized carbons (Fsp3) is 0.909. The zero-order valence-electron chi connectivity index (χ0n) is 8.69. The minimum Gasteiger partial charge on any atom is -0.293 e. The molecule has 1 saturated carbocycles. The highest BCUT2D eigenvalue weighted by Gasteiger charge is 2.31. The number of carbonyl (C=O) groups is 1. The lowest BCUT2D eigenvalue weighted by Gasteiger charge is -2.21. The van der Waals surface area contributed by atoms with Crippen molar-refractivity contribution in [3.05, 3.63) is 0 Å². The molecule has 0 heterocycles. The summed E-state index contributed by atoms with van der Waals surface area (Å²) in [5.74, 6) is -3.52. The second kappa shape index (κ2) is 4.85. The van der Waals surface area contributed by atoms with Crippen LogP contribution in [0.25, 0.3) is 0 Å². The standard InChI is InChI=1S/C11H18F2O/c1-11(12,13)10(14)8-7-9-5-3-2-4-6-9/h9H,2-8H2,1H3. The van der Waals surface area contributed by atoms with E-state index in [1.807, 2.05) is 0 Å². The third-order valence-electron chi connectivity index (χ3n) is 2.99. The van der Waals surface area contributed by atoms with Gasteiger partial charge < -0.3 is 0 Å².